The zero-order valence-corrected chi connectivity index (χ0v) is 11.1. The second kappa shape index (κ2) is 4.34. The molecule has 0 saturated heterocycles. The number of hydrogen-bond donors (Lipinski definition) is 0. The lowest BCUT2D eigenvalue weighted by atomic mass is 10.0. The molecule has 0 N–H and O–H groups in total. The lowest BCUT2D eigenvalue weighted by molar-refractivity contribution is 0.785. The molecule has 14 heavy (non-hydrogen) atoms. The molecule has 0 unspecified atom stereocenters. The molecule has 0 bridgehead atoms. The summed E-state index contributed by atoms with van der Waals surface area (Å²) < 4.78 is -0.0398. The maximum atomic E-state index is 6.20. The van der Waals surface area contributed by atoms with Crippen molar-refractivity contribution in [2.45, 2.75) is 25.5 Å². The van der Waals surface area contributed by atoms with Crippen LogP contribution >= 0.6 is 35.0 Å². The van der Waals surface area contributed by atoms with Crippen molar-refractivity contribution in [3.05, 3.63) is 33.3 Å². The van der Waals surface area contributed by atoms with Crippen molar-refractivity contribution in [2.24, 2.45) is 0 Å². The summed E-state index contributed by atoms with van der Waals surface area (Å²) in [6.45, 7) is 6.24. The van der Waals surface area contributed by atoms with Crippen LogP contribution in [0.1, 0.15) is 25.0 Å². The van der Waals surface area contributed by atoms with E-state index in [2.05, 4.69) is 20.1 Å². The van der Waals surface area contributed by atoms with Crippen LogP contribution in [-0.4, -0.2) is 6.26 Å². The molecular formula is C11H14Cl2S. The minimum atomic E-state index is -0.0398. The number of halogens is 2. The van der Waals surface area contributed by atoms with Crippen LogP contribution in [0.15, 0.2) is 12.1 Å². The van der Waals surface area contributed by atoms with Crippen LogP contribution in [0.3, 0.4) is 0 Å². The highest BCUT2D eigenvalue weighted by atomic mass is 35.5. The van der Waals surface area contributed by atoms with Crippen LogP contribution in [0.4, 0.5) is 0 Å². The van der Waals surface area contributed by atoms with Crippen LogP contribution in [0.5, 0.6) is 0 Å². The summed E-state index contributed by atoms with van der Waals surface area (Å²) in [5.41, 5.74) is 2.12. The van der Waals surface area contributed by atoms with Gasteiger partial charge in [0.1, 0.15) is 0 Å². The van der Waals surface area contributed by atoms with Crippen molar-refractivity contribution < 1.29 is 0 Å². The second-order valence-electron chi connectivity index (χ2n) is 3.82. The summed E-state index contributed by atoms with van der Waals surface area (Å²) >= 11 is 14.1. The Labute approximate surface area is 100.0 Å². The maximum Gasteiger partial charge on any atom is 0.0469 e. The lowest BCUT2D eigenvalue weighted by Crippen LogP contribution is -2.12. The maximum absolute atomic E-state index is 6.20. The summed E-state index contributed by atoms with van der Waals surface area (Å²) in [7, 11) is 0. The predicted molar refractivity (Wildman–Crippen MR) is 67.7 cm³/mol. The van der Waals surface area contributed by atoms with Crippen LogP contribution in [0.25, 0.3) is 0 Å². The molecule has 0 saturated carbocycles. The first kappa shape index (κ1) is 12.2. The summed E-state index contributed by atoms with van der Waals surface area (Å²) in [6.07, 6.45) is 2.06. The average molecular weight is 249 g/mol. The molecule has 0 spiro atoms. The fourth-order valence-corrected chi connectivity index (χ4v) is 2.98. The molecule has 0 amide bonds. The van der Waals surface area contributed by atoms with Crippen molar-refractivity contribution in [3.63, 3.8) is 0 Å². The van der Waals surface area contributed by atoms with E-state index < -0.39 is 0 Å². The molecule has 1 aromatic carbocycles. The van der Waals surface area contributed by atoms with Crippen molar-refractivity contribution in [1.82, 2.24) is 0 Å². The number of thioether (sulfide) groups is 1. The van der Waals surface area contributed by atoms with Crippen LogP contribution < -0.4 is 0 Å². The first-order valence-electron chi connectivity index (χ1n) is 4.40. The van der Waals surface area contributed by atoms with Gasteiger partial charge in [0, 0.05) is 20.4 Å². The van der Waals surface area contributed by atoms with Gasteiger partial charge in [-0.3, -0.25) is 0 Å². The van der Waals surface area contributed by atoms with Gasteiger partial charge >= 0.3 is 0 Å². The Bertz CT molecular complexity index is 322. The molecule has 0 heterocycles. The summed E-state index contributed by atoms with van der Waals surface area (Å²) in [4.78, 5) is 0. The molecule has 3 heteroatoms. The predicted octanol–water partition coefficient (Wildman–Crippen LogP) is 4.90. The fraction of sp³-hybridized carbons (Fsp3) is 0.455. The number of benzene rings is 1. The Morgan fingerprint density at radius 1 is 1.14 bits per heavy atom. The molecular weight excluding hydrogens is 235 g/mol. The van der Waals surface area contributed by atoms with E-state index in [0.717, 1.165) is 21.2 Å². The zero-order valence-electron chi connectivity index (χ0n) is 8.82. The van der Waals surface area contributed by atoms with Gasteiger partial charge in [0.05, 0.1) is 0 Å². The average Bonchev–Trinajstić information content (AvgIpc) is 2.01. The Hall–Kier alpha value is 0.150. The normalized spacial score (nSPS) is 11.9. The Balaban J connectivity index is 3.35. The van der Waals surface area contributed by atoms with Crippen LogP contribution in [0, 0.1) is 6.92 Å². The summed E-state index contributed by atoms with van der Waals surface area (Å²) in [5, 5.41) is 1.52. The highest BCUT2D eigenvalue weighted by molar-refractivity contribution is 7.99. The number of rotatable bonds is 2. The third-order valence-electron chi connectivity index (χ3n) is 2.30. The minimum Gasteiger partial charge on any atom is -0.154 e. The highest BCUT2D eigenvalue weighted by Crippen LogP contribution is 2.42. The van der Waals surface area contributed by atoms with Gasteiger partial charge in [-0.15, -0.1) is 0 Å². The quantitative estimate of drug-likeness (QED) is 0.718. The van der Waals surface area contributed by atoms with E-state index in [0.29, 0.717) is 0 Å². The zero-order chi connectivity index (χ0) is 10.9. The first-order chi connectivity index (χ1) is 6.38. The smallest absolute Gasteiger partial charge is 0.0469 e. The molecule has 78 valence electrons. The van der Waals surface area contributed by atoms with Gasteiger partial charge < -0.3 is 0 Å². The van der Waals surface area contributed by atoms with E-state index in [1.165, 1.54) is 0 Å². The first-order valence-corrected chi connectivity index (χ1v) is 6.38. The van der Waals surface area contributed by atoms with Gasteiger partial charge in [-0.1, -0.05) is 23.2 Å². The highest BCUT2D eigenvalue weighted by Gasteiger charge is 2.25. The molecule has 0 aliphatic carbocycles. The molecule has 0 atom stereocenters. The van der Waals surface area contributed by atoms with Gasteiger partial charge in [0.15, 0.2) is 0 Å². The van der Waals surface area contributed by atoms with E-state index in [1.807, 2.05) is 19.1 Å². The van der Waals surface area contributed by atoms with E-state index in [4.69, 9.17) is 23.2 Å². The third kappa shape index (κ3) is 2.39. The van der Waals surface area contributed by atoms with Crippen molar-refractivity contribution in [1.29, 1.82) is 0 Å². The Morgan fingerprint density at radius 2 is 1.57 bits per heavy atom. The molecule has 0 aromatic heterocycles. The van der Waals surface area contributed by atoms with Crippen LogP contribution in [-0.2, 0) is 4.75 Å². The topological polar surface area (TPSA) is 0 Å². The largest absolute Gasteiger partial charge is 0.154 e. The molecule has 0 fully saturated rings. The van der Waals surface area contributed by atoms with Gasteiger partial charge in [0.25, 0.3) is 0 Å². The molecule has 0 aliphatic rings. The second-order valence-corrected chi connectivity index (χ2v) is 6.06. The Morgan fingerprint density at radius 3 is 1.93 bits per heavy atom. The monoisotopic (exact) mass is 248 g/mol. The lowest BCUT2D eigenvalue weighted by Gasteiger charge is -2.25. The van der Waals surface area contributed by atoms with E-state index >= 15 is 0 Å². The van der Waals surface area contributed by atoms with Crippen LogP contribution in [0.2, 0.25) is 10.0 Å². The van der Waals surface area contributed by atoms with Crippen molar-refractivity contribution in [2.75, 3.05) is 6.26 Å². The minimum absolute atomic E-state index is 0.0398. The molecule has 1 aromatic rings. The van der Waals surface area contributed by atoms with Crippen molar-refractivity contribution >= 4 is 35.0 Å². The summed E-state index contributed by atoms with van der Waals surface area (Å²) in [6, 6.07) is 3.92. The van der Waals surface area contributed by atoms with E-state index in [1.54, 1.807) is 11.8 Å². The summed E-state index contributed by atoms with van der Waals surface area (Å²) in [5.74, 6) is 0. The fourth-order valence-electron chi connectivity index (χ4n) is 1.38. The number of hydrogen-bond acceptors (Lipinski definition) is 1. The SMILES string of the molecule is CSC(C)(C)c1c(Cl)cc(C)cc1Cl. The van der Waals surface area contributed by atoms with Crippen molar-refractivity contribution in [3.8, 4) is 0 Å². The van der Waals surface area contributed by atoms with E-state index in [9.17, 15) is 0 Å². The van der Waals surface area contributed by atoms with Gasteiger partial charge in [-0.25, -0.2) is 0 Å². The molecule has 0 nitrogen and oxygen atoms in total. The third-order valence-corrected chi connectivity index (χ3v) is 4.12. The van der Waals surface area contributed by atoms with Gasteiger partial charge in [0.2, 0.25) is 0 Å². The standard InChI is InChI=1S/C11H14Cl2S/c1-7-5-8(12)10(9(13)6-7)11(2,3)14-4/h5-6H,1-4H3. The molecule has 0 aliphatic heterocycles. The van der Waals surface area contributed by atoms with Gasteiger partial charge in [-0.2, -0.15) is 11.8 Å². The Kier molecular flexibility index (Phi) is 3.79. The number of aryl methyl sites for hydroxylation is 1. The van der Waals surface area contributed by atoms with E-state index in [-0.39, 0.29) is 4.75 Å². The molecule has 1 rings (SSSR count). The van der Waals surface area contributed by atoms with Gasteiger partial charge in [-0.05, 0) is 44.7 Å². The molecule has 0 radical (unpaired) electrons.